The molecular formula is C16H11BrN2O2. The number of hydrogen-bond donors (Lipinski definition) is 1. The Morgan fingerprint density at radius 1 is 1.19 bits per heavy atom. The van der Waals surface area contributed by atoms with Gasteiger partial charge in [0.25, 0.3) is 0 Å². The first-order chi connectivity index (χ1) is 10.3. The van der Waals surface area contributed by atoms with Crippen LogP contribution in [0, 0.1) is 0 Å². The van der Waals surface area contributed by atoms with Crippen LogP contribution < -0.4 is 5.32 Å². The highest BCUT2D eigenvalue weighted by Gasteiger charge is 2.09. The average Bonchev–Trinajstić information content (AvgIpc) is 2.91. The number of allylic oxidation sites excluding steroid dienone is 1. The quantitative estimate of drug-likeness (QED) is 0.569. The molecule has 21 heavy (non-hydrogen) atoms. The Labute approximate surface area is 129 Å². The van der Waals surface area contributed by atoms with E-state index in [1.165, 1.54) is 0 Å². The van der Waals surface area contributed by atoms with Crippen molar-refractivity contribution in [1.82, 2.24) is 4.98 Å². The number of carbonyl (C=O) groups is 1. The van der Waals surface area contributed by atoms with Crippen LogP contribution in [0.5, 0.6) is 0 Å². The van der Waals surface area contributed by atoms with Gasteiger partial charge in [0.05, 0.1) is 5.57 Å². The largest absolute Gasteiger partial charge is 0.436 e. The fourth-order valence-electron chi connectivity index (χ4n) is 1.88. The maximum Gasteiger partial charge on any atom is 0.232 e. The van der Waals surface area contributed by atoms with Crippen LogP contribution in [-0.2, 0) is 4.79 Å². The molecule has 1 heterocycles. The summed E-state index contributed by atoms with van der Waals surface area (Å²) >= 11 is 3.39. The average molecular weight is 343 g/mol. The van der Waals surface area contributed by atoms with Gasteiger partial charge in [0, 0.05) is 16.4 Å². The molecule has 1 N–H and O–H groups in total. The Morgan fingerprint density at radius 2 is 2.05 bits per heavy atom. The first-order valence-electron chi connectivity index (χ1n) is 6.29. The van der Waals surface area contributed by atoms with E-state index in [2.05, 4.69) is 26.2 Å². The topological polar surface area (TPSA) is 55.1 Å². The predicted molar refractivity (Wildman–Crippen MR) is 85.8 cm³/mol. The van der Waals surface area contributed by atoms with E-state index in [0.29, 0.717) is 17.0 Å². The van der Waals surface area contributed by atoms with E-state index < -0.39 is 0 Å². The summed E-state index contributed by atoms with van der Waals surface area (Å²) in [5, 5.41) is 3.06. The first-order valence-corrected chi connectivity index (χ1v) is 7.09. The Kier molecular flexibility index (Phi) is 3.83. The molecule has 0 atom stereocenters. The van der Waals surface area contributed by atoms with E-state index in [0.717, 1.165) is 22.0 Å². The van der Waals surface area contributed by atoms with Crippen molar-refractivity contribution in [3.63, 3.8) is 0 Å². The number of oxazole rings is 1. The lowest BCUT2D eigenvalue weighted by Crippen LogP contribution is -1.93. The zero-order chi connectivity index (χ0) is 14.7. The van der Waals surface area contributed by atoms with E-state index in [1.807, 2.05) is 48.5 Å². The molecule has 0 aliphatic carbocycles. The number of hydrogen-bond acceptors (Lipinski definition) is 4. The van der Waals surface area contributed by atoms with Crippen molar-refractivity contribution in [2.75, 3.05) is 5.32 Å². The van der Waals surface area contributed by atoms with Crippen LogP contribution in [0.2, 0.25) is 0 Å². The van der Waals surface area contributed by atoms with Gasteiger partial charge in [-0.25, -0.2) is 4.98 Å². The van der Waals surface area contributed by atoms with Gasteiger partial charge in [-0.1, -0.05) is 34.1 Å². The van der Waals surface area contributed by atoms with Crippen LogP contribution in [-0.4, -0.2) is 11.3 Å². The van der Waals surface area contributed by atoms with Gasteiger partial charge < -0.3 is 9.73 Å². The van der Waals surface area contributed by atoms with Crippen LogP contribution in [0.15, 0.2) is 63.6 Å². The predicted octanol–water partition coefficient (Wildman–Crippen LogP) is 4.24. The van der Waals surface area contributed by atoms with Crippen LogP contribution in [0.25, 0.3) is 16.7 Å². The molecule has 0 aliphatic rings. The van der Waals surface area contributed by atoms with Gasteiger partial charge in [-0.15, -0.1) is 0 Å². The van der Waals surface area contributed by atoms with Crippen LogP contribution >= 0.6 is 15.9 Å². The third kappa shape index (κ3) is 3.03. The number of halogens is 1. The van der Waals surface area contributed by atoms with Crippen LogP contribution in [0.4, 0.5) is 5.69 Å². The molecule has 4 nitrogen and oxygen atoms in total. The summed E-state index contributed by atoms with van der Waals surface area (Å²) in [4.78, 5) is 15.6. The minimum atomic E-state index is 0.300. The molecule has 0 spiro atoms. The summed E-state index contributed by atoms with van der Waals surface area (Å²) in [6, 6.07) is 15.0. The Morgan fingerprint density at radius 3 is 2.81 bits per heavy atom. The SMILES string of the molecule is O=CC(=CNc1cccc(Br)c1)c1nc2ccccc2o1. The summed E-state index contributed by atoms with van der Waals surface area (Å²) in [6.45, 7) is 0. The zero-order valence-electron chi connectivity index (χ0n) is 10.9. The second-order valence-corrected chi connectivity index (χ2v) is 5.27. The van der Waals surface area contributed by atoms with Crippen molar-refractivity contribution < 1.29 is 9.21 Å². The maximum atomic E-state index is 11.3. The van der Waals surface area contributed by atoms with Crippen LogP contribution in [0.3, 0.4) is 0 Å². The highest BCUT2D eigenvalue weighted by Crippen LogP contribution is 2.21. The number of benzene rings is 2. The molecule has 0 radical (unpaired) electrons. The van der Waals surface area contributed by atoms with E-state index in [-0.39, 0.29) is 0 Å². The fourth-order valence-corrected chi connectivity index (χ4v) is 2.28. The normalized spacial score (nSPS) is 11.6. The van der Waals surface area contributed by atoms with E-state index in [9.17, 15) is 4.79 Å². The van der Waals surface area contributed by atoms with E-state index in [4.69, 9.17) is 4.42 Å². The third-order valence-electron chi connectivity index (χ3n) is 2.89. The number of nitrogens with one attached hydrogen (secondary N) is 1. The molecule has 0 amide bonds. The first kappa shape index (κ1) is 13.6. The molecule has 0 saturated carbocycles. The monoisotopic (exact) mass is 342 g/mol. The number of carbonyl (C=O) groups excluding carboxylic acids is 1. The highest BCUT2D eigenvalue weighted by atomic mass is 79.9. The number of anilines is 1. The van der Waals surface area contributed by atoms with Gasteiger partial charge in [-0.2, -0.15) is 0 Å². The summed E-state index contributed by atoms with van der Waals surface area (Å²) in [5.41, 5.74) is 2.59. The lowest BCUT2D eigenvalue weighted by molar-refractivity contribution is -0.103. The fraction of sp³-hybridized carbons (Fsp3) is 0. The minimum Gasteiger partial charge on any atom is -0.436 e. The van der Waals surface area contributed by atoms with Crippen molar-refractivity contribution in [2.24, 2.45) is 0 Å². The summed E-state index contributed by atoms with van der Waals surface area (Å²) in [5.74, 6) is 0.300. The lowest BCUT2D eigenvalue weighted by atomic mass is 10.3. The second kappa shape index (κ2) is 5.93. The Balaban J connectivity index is 1.90. The number of rotatable bonds is 4. The second-order valence-electron chi connectivity index (χ2n) is 4.36. The number of nitrogens with zero attached hydrogens (tertiary/aromatic N) is 1. The molecule has 0 unspecified atom stereocenters. The highest BCUT2D eigenvalue weighted by molar-refractivity contribution is 9.10. The summed E-state index contributed by atoms with van der Waals surface area (Å²) in [7, 11) is 0. The molecule has 0 bridgehead atoms. The van der Waals surface area contributed by atoms with Crippen molar-refractivity contribution in [2.45, 2.75) is 0 Å². The maximum absolute atomic E-state index is 11.3. The number of aldehydes is 1. The van der Waals surface area contributed by atoms with Crippen molar-refractivity contribution >= 4 is 44.6 Å². The van der Waals surface area contributed by atoms with Crippen LogP contribution in [0.1, 0.15) is 5.89 Å². The summed E-state index contributed by atoms with van der Waals surface area (Å²) < 4.78 is 6.53. The van der Waals surface area contributed by atoms with E-state index >= 15 is 0 Å². The molecule has 0 aliphatic heterocycles. The molecule has 1 aromatic heterocycles. The molecule has 5 heteroatoms. The Hall–Kier alpha value is -2.40. The van der Waals surface area contributed by atoms with Gasteiger partial charge in [0.15, 0.2) is 11.9 Å². The third-order valence-corrected chi connectivity index (χ3v) is 3.38. The zero-order valence-corrected chi connectivity index (χ0v) is 12.5. The molecule has 0 fully saturated rings. The Bertz CT molecular complexity index is 791. The van der Waals surface area contributed by atoms with Gasteiger partial charge in [-0.05, 0) is 30.3 Å². The van der Waals surface area contributed by atoms with Crippen molar-refractivity contribution in [3.8, 4) is 0 Å². The smallest absolute Gasteiger partial charge is 0.232 e. The van der Waals surface area contributed by atoms with Gasteiger partial charge in [0.2, 0.25) is 5.89 Å². The van der Waals surface area contributed by atoms with Crippen molar-refractivity contribution in [1.29, 1.82) is 0 Å². The number of para-hydroxylation sites is 2. The molecular weight excluding hydrogens is 332 g/mol. The minimum absolute atomic E-state index is 0.300. The standard InChI is InChI=1S/C16H11BrN2O2/c17-12-4-3-5-13(8-12)18-9-11(10-20)16-19-14-6-1-2-7-15(14)21-16/h1-10,18H. The molecule has 0 saturated heterocycles. The van der Waals surface area contributed by atoms with Gasteiger partial charge >= 0.3 is 0 Å². The molecule has 3 aromatic rings. The van der Waals surface area contributed by atoms with Gasteiger partial charge in [0.1, 0.15) is 5.52 Å². The van der Waals surface area contributed by atoms with Gasteiger partial charge in [-0.3, -0.25) is 4.79 Å². The number of fused-ring (bicyclic) bond motifs is 1. The summed E-state index contributed by atoms with van der Waals surface area (Å²) in [6.07, 6.45) is 2.30. The lowest BCUT2D eigenvalue weighted by Gasteiger charge is -2.01. The molecule has 104 valence electrons. The molecule has 2 aromatic carbocycles. The number of aromatic nitrogens is 1. The molecule has 3 rings (SSSR count). The van der Waals surface area contributed by atoms with E-state index in [1.54, 1.807) is 6.20 Å². The van der Waals surface area contributed by atoms with Crippen molar-refractivity contribution in [3.05, 3.63) is 65.1 Å².